The summed E-state index contributed by atoms with van der Waals surface area (Å²) in [7, 11) is 0. The van der Waals surface area contributed by atoms with Gasteiger partial charge in [-0.25, -0.2) is 0 Å². The van der Waals surface area contributed by atoms with Crippen molar-refractivity contribution in [3.8, 4) is 0 Å². The fourth-order valence-electron chi connectivity index (χ4n) is 2.81. The summed E-state index contributed by atoms with van der Waals surface area (Å²) >= 11 is 0. The standard InChI is InChI=1S/C18H26N2O/c1-6-8-9-20(7-2)18(21)16-11-15-13(4)10-12(3)14(5)17(15)19-16/h10-11,19H,6-9H2,1-5H3. The van der Waals surface area contributed by atoms with Crippen LogP contribution >= 0.6 is 0 Å². The molecule has 0 spiro atoms. The van der Waals surface area contributed by atoms with E-state index in [0.29, 0.717) is 5.69 Å². The van der Waals surface area contributed by atoms with E-state index in [9.17, 15) is 4.79 Å². The molecular formula is C18H26N2O. The number of nitrogens with one attached hydrogen (secondary N) is 1. The van der Waals surface area contributed by atoms with Gasteiger partial charge in [0.2, 0.25) is 0 Å². The van der Waals surface area contributed by atoms with Gasteiger partial charge in [0.15, 0.2) is 0 Å². The molecule has 0 aliphatic carbocycles. The van der Waals surface area contributed by atoms with Crippen molar-refractivity contribution < 1.29 is 4.79 Å². The molecular weight excluding hydrogens is 260 g/mol. The lowest BCUT2D eigenvalue weighted by molar-refractivity contribution is 0.0757. The van der Waals surface area contributed by atoms with Gasteiger partial charge in [0.25, 0.3) is 5.91 Å². The monoisotopic (exact) mass is 286 g/mol. The number of benzene rings is 1. The van der Waals surface area contributed by atoms with Gasteiger partial charge in [-0.05, 0) is 56.9 Å². The van der Waals surface area contributed by atoms with Gasteiger partial charge in [0, 0.05) is 24.0 Å². The molecule has 0 aliphatic heterocycles. The summed E-state index contributed by atoms with van der Waals surface area (Å²) in [6.07, 6.45) is 2.16. The third-order valence-electron chi connectivity index (χ3n) is 4.32. The lowest BCUT2D eigenvalue weighted by Gasteiger charge is -2.19. The molecule has 2 aromatic rings. The van der Waals surface area contributed by atoms with Crippen LogP contribution in [0.2, 0.25) is 0 Å². The Kier molecular flexibility index (Phi) is 4.71. The molecule has 0 unspecified atom stereocenters. The summed E-state index contributed by atoms with van der Waals surface area (Å²) in [5.74, 6) is 0.110. The molecule has 0 atom stereocenters. The first kappa shape index (κ1) is 15.6. The van der Waals surface area contributed by atoms with Crippen LogP contribution in [0, 0.1) is 20.8 Å². The molecule has 0 bridgehead atoms. The van der Waals surface area contributed by atoms with E-state index in [4.69, 9.17) is 0 Å². The third kappa shape index (κ3) is 2.97. The number of rotatable bonds is 5. The average Bonchev–Trinajstić information content (AvgIpc) is 2.91. The van der Waals surface area contributed by atoms with Crippen molar-refractivity contribution >= 4 is 16.8 Å². The molecule has 21 heavy (non-hydrogen) atoms. The van der Waals surface area contributed by atoms with Gasteiger partial charge in [-0.3, -0.25) is 4.79 Å². The van der Waals surface area contributed by atoms with Gasteiger partial charge in [-0.2, -0.15) is 0 Å². The molecule has 114 valence electrons. The lowest BCUT2D eigenvalue weighted by Crippen LogP contribution is -2.31. The van der Waals surface area contributed by atoms with Crippen LogP contribution in [0.3, 0.4) is 0 Å². The highest BCUT2D eigenvalue weighted by atomic mass is 16.2. The first-order chi connectivity index (χ1) is 9.99. The van der Waals surface area contributed by atoms with Gasteiger partial charge in [0.05, 0.1) is 0 Å². The van der Waals surface area contributed by atoms with E-state index >= 15 is 0 Å². The first-order valence-electron chi connectivity index (χ1n) is 7.88. The number of carbonyl (C=O) groups excluding carboxylic acids is 1. The SMILES string of the molecule is CCCCN(CC)C(=O)c1cc2c(C)cc(C)c(C)c2[nH]1. The van der Waals surface area contributed by atoms with Crippen molar-refractivity contribution in [3.63, 3.8) is 0 Å². The molecule has 3 heteroatoms. The van der Waals surface area contributed by atoms with Crippen LogP contribution in [0.1, 0.15) is 53.9 Å². The number of aromatic nitrogens is 1. The molecule has 3 nitrogen and oxygen atoms in total. The summed E-state index contributed by atoms with van der Waals surface area (Å²) in [6, 6.07) is 4.20. The number of carbonyl (C=O) groups is 1. The maximum absolute atomic E-state index is 12.7. The summed E-state index contributed by atoms with van der Waals surface area (Å²) < 4.78 is 0. The smallest absolute Gasteiger partial charge is 0.270 e. The van der Waals surface area contributed by atoms with Crippen LogP contribution in [0.4, 0.5) is 0 Å². The minimum Gasteiger partial charge on any atom is -0.350 e. The molecule has 1 N–H and O–H groups in total. The Balaban J connectivity index is 2.40. The summed E-state index contributed by atoms with van der Waals surface area (Å²) in [5.41, 5.74) is 5.52. The molecule has 1 heterocycles. The van der Waals surface area contributed by atoms with Crippen molar-refractivity contribution in [1.29, 1.82) is 0 Å². The summed E-state index contributed by atoms with van der Waals surface area (Å²) in [6.45, 7) is 12.1. The fraction of sp³-hybridized carbons (Fsp3) is 0.500. The Bertz CT molecular complexity index is 655. The van der Waals surface area contributed by atoms with Gasteiger partial charge in [-0.15, -0.1) is 0 Å². The number of hydrogen-bond acceptors (Lipinski definition) is 1. The van der Waals surface area contributed by atoms with Crippen LogP contribution in [-0.4, -0.2) is 28.9 Å². The van der Waals surface area contributed by atoms with Crippen LogP contribution in [0.25, 0.3) is 10.9 Å². The van der Waals surface area contributed by atoms with Crippen LogP contribution in [0.15, 0.2) is 12.1 Å². The molecule has 1 amide bonds. The minimum atomic E-state index is 0.110. The van der Waals surface area contributed by atoms with Crippen molar-refractivity contribution in [3.05, 3.63) is 34.5 Å². The Morgan fingerprint density at radius 1 is 1.14 bits per heavy atom. The topological polar surface area (TPSA) is 36.1 Å². The van der Waals surface area contributed by atoms with E-state index in [1.807, 2.05) is 17.9 Å². The van der Waals surface area contributed by atoms with E-state index in [0.717, 1.165) is 36.8 Å². The zero-order valence-corrected chi connectivity index (χ0v) is 13.8. The molecule has 0 saturated carbocycles. The largest absolute Gasteiger partial charge is 0.350 e. The second-order valence-electron chi connectivity index (χ2n) is 5.85. The Hall–Kier alpha value is -1.77. The number of aromatic amines is 1. The second kappa shape index (κ2) is 6.33. The van der Waals surface area contributed by atoms with Crippen LogP contribution < -0.4 is 0 Å². The predicted octanol–water partition coefficient (Wildman–Crippen LogP) is 4.36. The zero-order valence-electron chi connectivity index (χ0n) is 13.8. The van der Waals surface area contributed by atoms with E-state index in [1.165, 1.54) is 16.7 Å². The van der Waals surface area contributed by atoms with Crippen molar-refractivity contribution in [1.82, 2.24) is 9.88 Å². The molecule has 1 aromatic heterocycles. The maximum Gasteiger partial charge on any atom is 0.270 e. The number of aryl methyl sites for hydroxylation is 3. The number of amides is 1. The van der Waals surface area contributed by atoms with Crippen LogP contribution in [-0.2, 0) is 0 Å². The van der Waals surface area contributed by atoms with E-state index in [-0.39, 0.29) is 5.91 Å². The maximum atomic E-state index is 12.7. The highest BCUT2D eigenvalue weighted by Crippen LogP contribution is 2.26. The summed E-state index contributed by atoms with van der Waals surface area (Å²) in [5, 5.41) is 1.16. The molecule has 0 fully saturated rings. The van der Waals surface area contributed by atoms with Gasteiger partial charge < -0.3 is 9.88 Å². The van der Waals surface area contributed by atoms with Gasteiger partial charge in [0.1, 0.15) is 5.69 Å². The normalized spacial score (nSPS) is 11.1. The first-order valence-corrected chi connectivity index (χ1v) is 7.88. The highest BCUT2D eigenvalue weighted by molar-refractivity contribution is 5.99. The van der Waals surface area contributed by atoms with Gasteiger partial charge in [-0.1, -0.05) is 19.4 Å². The Morgan fingerprint density at radius 2 is 1.86 bits per heavy atom. The fourth-order valence-corrected chi connectivity index (χ4v) is 2.81. The zero-order chi connectivity index (χ0) is 15.6. The Morgan fingerprint density at radius 3 is 2.48 bits per heavy atom. The summed E-state index contributed by atoms with van der Waals surface area (Å²) in [4.78, 5) is 17.9. The number of nitrogens with zero attached hydrogens (tertiary/aromatic N) is 1. The number of fused-ring (bicyclic) bond motifs is 1. The van der Waals surface area contributed by atoms with Crippen molar-refractivity contribution in [2.75, 3.05) is 13.1 Å². The van der Waals surface area contributed by atoms with Crippen LogP contribution in [0.5, 0.6) is 0 Å². The highest BCUT2D eigenvalue weighted by Gasteiger charge is 2.17. The van der Waals surface area contributed by atoms with Crippen molar-refractivity contribution in [2.24, 2.45) is 0 Å². The van der Waals surface area contributed by atoms with E-state index in [2.05, 4.69) is 38.7 Å². The van der Waals surface area contributed by atoms with Crippen molar-refractivity contribution in [2.45, 2.75) is 47.5 Å². The number of hydrogen-bond donors (Lipinski definition) is 1. The van der Waals surface area contributed by atoms with E-state index in [1.54, 1.807) is 0 Å². The second-order valence-corrected chi connectivity index (χ2v) is 5.85. The minimum absolute atomic E-state index is 0.110. The average molecular weight is 286 g/mol. The predicted molar refractivity (Wildman–Crippen MR) is 89.0 cm³/mol. The molecule has 0 radical (unpaired) electrons. The number of unbranched alkanes of at least 4 members (excludes halogenated alkanes) is 1. The molecule has 0 saturated heterocycles. The van der Waals surface area contributed by atoms with E-state index < -0.39 is 0 Å². The molecule has 1 aromatic carbocycles. The lowest BCUT2D eigenvalue weighted by atomic mass is 10.0. The molecule has 0 aliphatic rings. The van der Waals surface area contributed by atoms with Gasteiger partial charge >= 0.3 is 0 Å². The quantitative estimate of drug-likeness (QED) is 0.871. The molecule has 2 rings (SSSR count). The third-order valence-corrected chi connectivity index (χ3v) is 4.32. The number of H-pyrrole nitrogens is 1. The Labute approximate surface area is 127 Å².